The van der Waals surface area contributed by atoms with Crippen molar-refractivity contribution in [3.05, 3.63) is 51.6 Å². The number of carbonyl (C=O) groups is 1. The van der Waals surface area contributed by atoms with Crippen LogP contribution in [0.1, 0.15) is 54.9 Å². The Bertz CT molecular complexity index is 669. The topological polar surface area (TPSA) is 55.1 Å². The maximum atomic E-state index is 12.0. The third-order valence-electron chi connectivity index (χ3n) is 3.51. The van der Waals surface area contributed by atoms with Crippen molar-refractivity contribution in [1.29, 1.82) is 0 Å². The molecule has 1 heterocycles. The lowest BCUT2D eigenvalue weighted by Gasteiger charge is -2.12. The molecule has 0 radical (unpaired) electrons. The van der Waals surface area contributed by atoms with Gasteiger partial charge in [-0.1, -0.05) is 36.7 Å². The number of aromatic nitrogens is 1. The molecule has 0 aliphatic rings. The number of oxazole rings is 1. The monoisotopic (exact) mass is 378 g/mol. The summed E-state index contributed by atoms with van der Waals surface area (Å²) in [5.74, 6) is 1.62. The predicted molar refractivity (Wildman–Crippen MR) is 94.7 cm³/mol. The quantitative estimate of drug-likeness (QED) is 0.784. The smallest absolute Gasteiger partial charge is 0.251 e. The summed E-state index contributed by atoms with van der Waals surface area (Å²) >= 11 is 3.36. The number of hydrogen-bond donors (Lipinski definition) is 1. The van der Waals surface area contributed by atoms with E-state index in [0.717, 1.165) is 34.7 Å². The Labute approximate surface area is 145 Å². The van der Waals surface area contributed by atoms with Crippen molar-refractivity contribution in [3.8, 4) is 0 Å². The van der Waals surface area contributed by atoms with Gasteiger partial charge in [-0.25, -0.2) is 4.98 Å². The van der Waals surface area contributed by atoms with Crippen LogP contribution in [-0.4, -0.2) is 17.4 Å². The van der Waals surface area contributed by atoms with Gasteiger partial charge in [0.1, 0.15) is 5.76 Å². The van der Waals surface area contributed by atoms with Gasteiger partial charge in [-0.15, -0.1) is 0 Å². The van der Waals surface area contributed by atoms with Crippen molar-refractivity contribution in [1.82, 2.24) is 10.3 Å². The minimum atomic E-state index is -0.0845. The van der Waals surface area contributed by atoms with Crippen molar-refractivity contribution in [2.75, 3.05) is 6.54 Å². The molecule has 2 rings (SSSR count). The molecular weight excluding hydrogens is 356 g/mol. The fraction of sp³-hybridized carbons (Fsp3) is 0.444. The SMILES string of the molecule is Cc1nc(C(C)(C)C)oc1CCCNC(=O)c1ccc(Br)cc1. The van der Waals surface area contributed by atoms with E-state index in [1.807, 2.05) is 19.1 Å². The number of nitrogens with one attached hydrogen (secondary N) is 1. The molecule has 0 fully saturated rings. The number of aryl methyl sites for hydroxylation is 2. The Morgan fingerprint density at radius 3 is 2.48 bits per heavy atom. The van der Waals surface area contributed by atoms with Crippen LogP contribution in [0.25, 0.3) is 0 Å². The average Bonchev–Trinajstić information content (AvgIpc) is 2.85. The van der Waals surface area contributed by atoms with Gasteiger partial charge in [0.2, 0.25) is 0 Å². The molecular formula is C18H23BrN2O2. The molecule has 0 saturated carbocycles. The molecule has 0 atom stereocenters. The summed E-state index contributed by atoms with van der Waals surface area (Å²) in [6, 6.07) is 7.33. The van der Waals surface area contributed by atoms with Gasteiger partial charge in [0, 0.05) is 28.4 Å². The average molecular weight is 379 g/mol. The molecule has 2 aromatic rings. The second-order valence-corrected chi connectivity index (χ2v) is 7.56. The van der Waals surface area contributed by atoms with Gasteiger partial charge in [0.25, 0.3) is 5.91 Å². The van der Waals surface area contributed by atoms with E-state index < -0.39 is 0 Å². The molecule has 23 heavy (non-hydrogen) atoms. The first-order valence-electron chi connectivity index (χ1n) is 7.78. The number of halogens is 1. The highest BCUT2D eigenvalue weighted by Crippen LogP contribution is 2.24. The van der Waals surface area contributed by atoms with Crippen LogP contribution in [-0.2, 0) is 11.8 Å². The van der Waals surface area contributed by atoms with E-state index in [1.165, 1.54) is 0 Å². The molecule has 1 N–H and O–H groups in total. The van der Waals surface area contributed by atoms with Crippen LogP contribution in [0.4, 0.5) is 0 Å². The second kappa shape index (κ2) is 7.30. The summed E-state index contributed by atoms with van der Waals surface area (Å²) in [5, 5.41) is 2.93. The molecule has 1 aromatic heterocycles. The minimum absolute atomic E-state index is 0.0535. The zero-order valence-electron chi connectivity index (χ0n) is 14.1. The van der Waals surface area contributed by atoms with Crippen LogP contribution in [0.2, 0.25) is 0 Å². The number of hydrogen-bond acceptors (Lipinski definition) is 3. The molecule has 4 nitrogen and oxygen atoms in total. The Hall–Kier alpha value is -1.62. The van der Waals surface area contributed by atoms with Crippen LogP contribution in [0, 0.1) is 6.92 Å². The zero-order valence-corrected chi connectivity index (χ0v) is 15.7. The number of nitrogens with zero attached hydrogens (tertiary/aromatic N) is 1. The largest absolute Gasteiger partial charge is 0.445 e. The number of benzene rings is 1. The van der Waals surface area contributed by atoms with Gasteiger partial charge in [-0.2, -0.15) is 0 Å². The van der Waals surface area contributed by atoms with Gasteiger partial charge in [0.15, 0.2) is 5.89 Å². The Morgan fingerprint density at radius 1 is 1.26 bits per heavy atom. The first-order valence-corrected chi connectivity index (χ1v) is 8.57. The summed E-state index contributed by atoms with van der Waals surface area (Å²) in [7, 11) is 0. The number of rotatable bonds is 5. The third kappa shape index (κ3) is 4.93. The molecule has 0 unspecified atom stereocenters. The van der Waals surface area contributed by atoms with Gasteiger partial charge >= 0.3 is 0 Å². The van der Waals surface area contributed by atoms with E-state index in [0.29, 0.717) is 12.1 Å². The number of amides is 1. The van der Waals surface area contributed by atoms with Crippen molar-refractivity contribution in [3.63, 3.8) is 0 Å². The van der Waals surface area contributed by atoms with E-state index in [-0.39, 0.29) is 11.3 Å². The van der Waals surface area contributed by atoms with Crippen LogP contribution >= 0.6 is 15.9 Å². The molecule has 0 aliphatic carbocycles. The summed E-state index contributed by atoms with van der Waals surface area (Å²) in [6.07, 6.45) is 1.59. The highest BCUT2D eigenvalue weighted by molar-refractivity contribution is 9.10. The van der Waals surface area contributed by atoms with Crippen LogP contribution < -0.4 is 5.32 Å². The third-order valence-corrected chi connectivity index (χ3v) is 4.04. The molecule has 124 valence electrons. The van der Waals surface area contributed by atoms with Crippen molar-refractivity contribution in [2.24, 2.45) is 0 Å². The van der Waals surface area contributed by atoms with E-state index >= 15 is 0 Å². The molecule has 0 aliphatic heterocycles. The normalized spacial score (nSPS) is 11.5. The van der Waals surface area contributed by atoms with Crippen molar-refractivity contribution >= 4 is 21.8 Å². The van der Waals surface area contributed by atoms with Gasteiger partial charge in [0.05, 0.1) is 5.69 Å². The first-order chi connectivity index (χ1) is 10.8. The zero-order chi connectivity index (χ0) is 17.0. The summed E-state index contributed by atoms with van der Waals surface area (Å²) in [5.41, 5.74) is 1.52. The van der Waals surface area contributed by atoms with Crippen molar-refractivity contribution < 1.29 is 9.21 Å². The first kappa shape index (κ1) is 17.7. The second-order valence-electron chi connectivity index (χ2n) is 6.64. The summed E-state index contributed by atoms with van der Waals surface area (Å²) in [6.45, 7) is 8.83. The molecule has 5 heteroatoms. The fourth-order valence-corrected chi connectivity index (χ4v) is 2.40. The minimum Gasteiger partial charge on any atom is -0.445 e. The summed E-state index contributed by atoms with van der Waals surface area (Å²) < 4.78 is 6.82. The van der Waals surface area contributed by atoms with Crippen LogP contribution in [0.5, 0.6) is 0 Å². The lowest BCUT2D eigenvalue weighted by molar-refractivity contribution is 0.0953. The fourth-order valence-electron chi connectivity index (χ4n) is 2.13. The van der Waals surface area contributed by atoms with E-state index in [9.17, 15) is 4.79 Å². The maximum absolute atomic E-state index is 12.0. The lowest BCUT2D eigenvalue weighted by Crippen LogP contribution is -2.24. The molecule has 1 aromatic carbocycles. The van der Waals surface area contributed by atoms with Crippen LogP contribution in [0.15, 0.2) is 33.2 Å². The van der Waals surface area contributed by atoms with E-state index in [1.54, 1.807) is 12.1 Å². The molecule has 0 spiro atoms. The molecule has 0 saturated heterocycles. The van der Waals surface area contributed by atoms with Gasteiger partial charge in [-0.05, 0) is 37.6 Å². The van der Waals surface area contributed by atoms with Crippen LogP contribution in [0.3, 0.4) is 0 Å². The Morgan fingerprint density at radius 2 is 1.91 bits per heavy atom. The van der Waals surface area contributed by atoms with E-state index in [2.05, 4.69) is 47.0 Å². The van der Waals surface area contributed by atoms with E-state index in [4.69, 9.17) is 4.42 Å². The maximum Gasteiger partial charge on any atom is 0.251 e. The standard InChI is InChI=1S/C18H23BrN2O2/c1-12-15(23-17(21-12)18(2,3)4)6-5-11-20-16(22)13-7-9-14(19)10-8-13/h7-10H,5-6,11H2,1-4H3,(H,20,22). The van der Waals surface area contributed by atoms with Gasteiger partial charge in [-0.3, -0.25) is 4.79 Å². The number of carbonyl (C=O) groups excluding carboxylic acids is 1. The highest BCUT2D eigenvalue weighted by atomic mass is 79.9. The molecule has 1 amide bonds. The Kier molecular flexibility index (Phi) is 5.63. The van der Waals surface area contributed by atoms with Gasteiger partial charge < -0.3 is 9.73 Å². The predicted octanol–water partition coefficient (Wildman–Crippen LogP) is 4.41. The lowest BCUT2D eigenvalue weighted by atomic mass is 9.97. The Balaban J connectivity index is 1.82. The highest BCUT2D eigenvalue weighted by Gasteiger charge is 2.22. The van der Waals surface area contributed by atoms with Crippen molar-refractivity contribution in [2.45, 2.75) is 46.0 Å². The summed E-state index contributed by atoms with van der Waals surface area (Å²) in [4.78, 5) is 16.5. The molecule has 0 bridgehead atoms.